The zero-order chi connectivity index (χ0) is 15.8. The third kappa shape index (κ3) is 6.65. The van der Waals surface area contributed by atoms with Gasteiger partial charge in [0.05, 0.1) is 12.5 Å². The van der Waals surface area contributed by atoms with Crippen molar-refractivity contribution in [2.75, 3.05) is 45.8 Å². The van der Waals surface area contributed by atoms with Crippen LogP contribution in [0.15, 0.2) is 0 Å². The van der Waals surface area contributed by atoms with Gasteiger partial charge < -0.3 is 16.0 Å². The van der Waals surface area contributed by atoms with Crippen LogP contribution >= 0.6 is 12.4 Å². The molecule has 23 heavy (non-hydrogen) atoms. The van der Waals surface area contributed by atoms with Crippen molar-refractivity contribution in [3.05, 3.63) is 0 Å². The number of rotatable bonds is 5. The molecule has 0 saturated carbocycles. The Labute approximate surface area is 145 Å². The van der Waals surface area contributed by atoms with E-state index in [9.17, 15) is 9.59 Å². The van der Waals surface area contributed by atoms with Gasteiger partial charge >= 0.3 is 0 Å². The highest BCUT2D eigenvalue weighted by Gasteiger charge is 2.27. The molecule has 0 aromatic carbocycles. The summed E-state index contributed by atoms with van der Waals surface area (Å²) in [5, 5.41) is 2.86. The first kappa shape index (κ1) is 20.2. The Kier molecular flexibility index (Phi) is 9.52. The Morgan fingerprint density at radius 2 is 1.74 bits per heavy atom. The average molecular weight is 347 g/mol. The predicted molar refractivity (Wildman–Crippen MR) is 93.5 cm³/mol. The van der Waals surface area contributed by atoms with Gasteiger partial charge in [0.1, 0.15) is 0 Å². The van der Waals surface area contributed by atoms with E-state index in [1.165, 1.54) is 12.8 Å². The summed E-state index contributed by atoms with van der Waals surface area (Å²) in [5.74, 6) is 0.305. The topological polar surface area (TPSA) is 78.7 Å². The molecule has 2 heterocycles. The lowest BCUT2D eigenvalue weighted by atomic mass is 9.97. The second kappa shape index (κ2) is 10.8. The van der Waals surface area contributed by atoms with Gasteiger partial charge in [-0.05, 0) is 32.2 Å². The number of carbonyl (C=O) groups is 2. The summed E-state index contributed by atoms with van der Waals surface area (Å²) in [4.78, 5) is 28.6. The fourth-order valence-electron chi connectivity index (χ4n) is 3.36. The Hall–Kier alpha value is -0.850. The minimum Gasteiger partial charge on any atom is -0.355 e. The van der Waals surface area contributed by atoms with E-state index in [0.717, 1.165) is 45.3 Å². The molecule has 0 aromatic heterocycles. The number of nitrogens with two attached hydrogens (primary N) is 1. The quantitative estimate of drug-likeness (QED) is 0.764. The normalized spacial score (nSPS) is 22.8. The summed E-state index contributed by atoms with van der Waals surface area (Å²) < 4.78 is 0. The van der Waals surface area contributed by atoms with Gasteiger partial charge in [-0.1, -0.05) is 12.8 Å². The van der Waals surface area contributed by atoms with E-state index in [4.69, 9.17) is 5.73 Å². The lowest BCUT2D eigenvalue weighted by Gasteiger charge is -2.33. The molecule has 6 nitrogen and oxygen atoms in total. The maximum absolute atomic E-state index is 12.4. The lowest BCUT2D eigenvalue weighted by Crippen LogP contribution is -2.48. The van der Waals surface area contributed by atoms with E-state index in [0.29, 0.717) is 26.2 Å². The van der Waals surface area contributed by atoms with Crippen LogP contribution in [0.25, 0.3) is 0 Å². The standard InChI is InChI=1S/C16H30N4O2.ClH/c17-7-8-18-16(22)14-6-5-9-19(12-14)13-15(21)20-10-3-1-2-4-11-20;/h14H,1-13,17H2,(H,18,22);1H. The van der Waals surface area contributed by atoms with Gasteiger partial charge in [0.15, 0.2) is 0 Å². The second-order valence-corrected chi connectivity index (χ2v) is 6.45. The largest absolute Gasteiger partial charge is 0.355 e. The van der Waals surface area contributed by atoms with Crippen LogP contribution < -0.4 is 11.1 Å². The number of likely N-dealkylation sites (tertiary alicyclic amines) is 2. The molecule has 1 unspecified atom stereocenters. The number of hydrogen-bond acceptors (Lipinski definition) is 4. The first-order valence-electron chi connectivity index (χ1n) is 8.68. The van der Waals surface area contributed by atoms with Crippen LogP contribution in [0.5, 0.6) is 0 Å². The molecule has 0 aromatic rings. The van der Waals surface area contributed by atoms with Crippen LogP contribution in [0.1, 0.15) is 38.5 Å². The first-order chi connectivity index (χ1) is 10.7. The van der Waals surface area contributed by atoms with E-state index in [-0.39, 0.29) is 30.1 Å². The molecular formula is C16H31ClN4O2. The van der Waals surface area contributed by atoms with Crippen LogP contribution in [0, 0.1) is 5.92 Å². The molecule has 1 atom stereocenters. The monoisotopic (exact) mass is 346 g/mol. The van der Waals surface area contributed by atoms with Crippen molar-refractivity contribution in [1.82, 2.24) is 15.1 Å². The Morgan fingerprint density at radius 1 is 1.04 bits per heavy atom. The van der Waals surface area contributed by atoms with Crippen LogP contribution in [-0.4, -0.2) is 67.4 Å². The Balaban J connectivity index is 0.00000264. The number of amides is 2. The van der Waals surface area contributed by atoms with Gasteiger partial charge in [-0.25, -0.2) is 0 Å². The Bertz CT molecular complexity index is 373. The summed E-state index contributed by atoms with van der Waals surface area (Å²) in [5.41, 5.74) is 5.42. The zero-order valence-electron chi connectivity index (χ0n) is 14.0. The van der Waals surface area contributed by atoms with Crippen molar-refractivity contribution < 1.29 is 9.59 Å². The molecule has 0 aliphatic carbocycles. The van der Waals surface area contributed by atoms with E-state index in [2.05, 4.69) is 10.2 Å². The molecule has 2 saturated heterocycles. The predicted octanol–water partition coefficient (Wildman–Crippen LogP) is 0.598. The van der Waals surface area contributed by atoms with Gasteiger partial charge in [0.25, 0.3) is 0 Å². The summed E-state index contributed by atoms with van der Waals surface area (Å²) in [6.07, 6.45) is 6.60. The molecular weight excluding hydrogens is 316 g/mol. The number of nitrogens with one attached hydrogen (secondary N) is 1. The minimum atomic E-state index is -0.00256. The Morgan fingerprint density at radius 3 is 2.39 bits per heavy atom. The van der Waals surface area contributed by atoms with Crippen LogP contribution in [0.4, 0.5) is 0 Å². The lowest BCUT2D eigenvalue weighted by molar-refractivity contribution is -0.134. The molecule has 3 N–H and O–H groups in total. The molecule has 2 fully saturated rings. The smallest absolute Gasteiger partial charge is 0.236 e. The molecule has 7 heteroatoms. The average Bonchev–Trinajstić information content (AvgIpc) is 2.82. The highest BCUT2D eigenvalue weighted by molar-refractivity contribution is 5.85. The summed E-state index contributed by atoms with van der Waals surface area (Å²) in [7, 11) is 0. The van der Waals surface area contributed by atoms with E-state index in [1.807, 2.05) is 4.90 Å². The van der Waals surface area contributed by atoms with Gasteiger partial charge in [0, 0.05) is 32.7 Å². The first-order valence-corrected chi connectivity index (χ1v) is 8.68. The highest BCUT2D eigenvalue weighted by atomic mass is 35.5. The van der Waals surface area contributed by atoms with Crippen LogP contribution in [0.2, 0.25) is 0 Å². The number of halogens is 1. The molecule has 2 rings (SSSR count). The summed E-state index contributed by atoms with van der Waals surface area (Å²) in [6, 6.07) is 0. The molecule has 0 radical (unpaired) electrons. The van der Waals surface area contributed by atoms with E-state index in [1.54, 1.807) is 0 Å². The maximum atomic E-state index is 12.4. The molecule has 134 valence electrons. The van der Waals surface area contributed by atoms with Gasteiger partial charge in [-0.15, -0.1) is 12.4 Å². The van der Waals surface area contributed by atoms with Crippen molar-refractivity contribution in [1.29, 1.82) is 0 Å². The van der Waals surface area contributed by atoms with Crippen molar-refractivity contribution >= 4 is 24.2 Å². The second-order valence-electron chi connectivity index (χ2n) is 6.45. The molecule has 0 spiro atoms. The van der Waals surface area contributed by atoms with Crippen LogP contribution in [-0.2, 0) is 9.59 Å². The van der Waals surface area contributed by atoms with Crippen LogP contribution in [0.3, 0.4) is 0 Å². The third-order valence-corrected chi connectivity index (χ3v) is 4.64. The number of nitrogens with zero attached hydrogens (tertiary/aromatic N) is 2. The maximum Gasteiger partial charge on any atom is 0.236 e. The highest BCUT2D eigenvalue weighted by Crippen LogP contribution is 2.17. The summed E-state index contributed by atoms with van der Waals surface area (Å²) in [6.45, 7) is 4.86. The van der Waals surface area contributed by atoms with Crippen molar-refractivity contribution in [3.63, 3.8) is 0 Å². The summed E-state index contributed by atoms with van der Waals surface area (Å²) >= 11 is 0. The molecule has 2 aliphatic rings. The third-order valence-electron chi connectivity index (χ3n) is 4.64. The van der Waals surface area contributed by atoms with Crippen molar-refractivity contribution in [3.8, 4) is 0 Å². The van der Waals surface area contributed by atoms with Gasteiger partial charge in [-0.2, -0.15) is 0 Å². The molecule has 2 aliphatic heterocycles. The zero-order valence-corrected chi connectivity index (χ0v) is 14.8. The molecule has 2 amide bonds. The number of carbonyl (C=O) groups excluding carboxylic acids is 2. The number of piperidine rings is 1. The van der Waals surface area contributed by atoms with Gasteiger partial charge in [-0.3, -0.25) is 14.5 Å². The molecule has 0 bridgehead atoms. The van der Waals surface area contributed by atoms with Crippen molar-refractivity contribution in [2.45, 2.75) is 38.5 Å². The minimum absolute atomic E-state index is 0. The fraction of sp³-hybridized carbons (Fsp3) is 0.875. The van der Waals surface area contributed by atoms with E-state index < -0.39 is 0 Å². The fourth-order valence-corrected chi connectivity index (χ4v) is 3.36. The number of hydrogen-bond donors (Lipinski definition) is 2. The van der Waals surface area contributed by atoms with Crippen molar-refractivity contribution in [2.24, 2.45) is 11.7 Å². The SMILES string of the molecule is Cl.NCCNC(=O)C1CCCN(CC(=O)N2CCCCCC2)C1. The van der Waals surface area contributed by atoms with Gasteiger partial charge in [0.2, 0.25) is 11.8 Å². The van der Waals surface area contributed by atoms with E-state index >= 15 is 0 Å².